The number of nitrogens with zero attached hydrogens (tertiary/aromatic N) is 1. The predicted octanol–water partition coefficient (Wildman–Crippen LogP) is 3.24. The Morgan fingerprint density at radius 3 is 2.06 bits per heavy atom. The quantitative estimate of drug-likeness (QED) is 0.577. The van der Waals surface area contributed by atoms with Crippen molar-refractivity contribution in [2.45, 2.75) is 48.0 Å². The smallest absolute Gasteiger partial charge is 0.228 e. The summed E-state index contributed by atoms with van der Waals surface area (Å²) in [6, 6.07) is 0. The fraction of sp³-hybridized carbons (Fsp3) is 0.786. The molecule has 1 amide bonds. The summed E-state index contributed by atoms with van der Waals surface area (Å²) >= 11 is 0. The third kappa shape index (κ3) is 3.10. The van der Waals surface area contributed by atoms with Gasteiger partial charge < -0.3 is 4.90 Å². The highest BCUT2D eigenvalue weighted by atomic mass is 16.2. The molecule has 2 nitrogen and oxygen atoms in total. The molecular formula is C14H25NO. The fourth-order valence-electron chi connectivity index (χ4n) is 2.01. The summed E-state index contributed by atoms with van der Waals surface area (Å²) in [5, 5.41) is 0. The molecule has 1 aliphatic rings. The molecule has 1 heterocycles. The minimum absolute atomic E-state index is 0.247. The molecule has 0 aromatic carbocycles. The van der Waals surface area contributed by atoms with Crippen molar-refractivity contribution in [1.82, 2.24) is 4.90 Å². The van der Waals surface area contributed by atoms with Crippen LogP contribution in [0.1, 0.15) is 48.0 Å². The van der Waals surface area contributed by atoms with E-state index in [1.54, 1.807) is 0 Å². The van der Waals surface area contributed by atoms with Crippen molar-refractivity contribution >= 4 is 5.91 Å². The van der Waals surface area contributed by atoms with E-state index in [4.69, 9.17) is 0 Å². The molecule has 0 aromatic heterocycles. The predicted molar refractivity (Wildman–Crippen MR) is 68.2 cm³/mol. The van der Waals surface area contributed by atoms with E-state index in [2.05, 4.69) is 26.8 Å². The summed E-state index contributed by atoms with van der Waals surface area (Å²) in [6.07, 6.45) is 3.25. The van der Waals surface area contributed by atoms with E-state index in [1.807, 2.05) is 25.7 Å². The lowest BCUT2D eigenvalue weighted by atomic mass is 9.82. The average Bonchev–Trinajstić information content (AvgIpc) is 2.14. The van der Waals surface area contributed by atoms with Gasteiger partial charge in [-0.1, -0.05) is 53.2 Å². The third-order valence-corrected chi connectivity index (χ3v) is 3.10. The average molecular weight is 223 g/mol. The van der Waals surface area contributed by atoms with Crippen molar-refractivity contribution < 1.29 is 4.79 Å². The molecule has 0 radical (unpaired) electrons. The lowest BCUT2D eigenvalue weighted by Crippen LogP contribution is -2.42. The highest BCUT2D eigenvalue weighted by molar-refractivity contribution is 5.81. The maximum absolute atomic E-state index is 12.1. The fourth-order valence-corrected chi connectivity index (χ4v) is 2.01. The summed E-state index contributed by atoms with van der Waals surface area (Å²) in [5.74, 6) is 0.261. The van der Waals surface area contributed by atoms with Gasteiger partial charge in [-0.2, -0.15) is 0 Å². The van der Waals surface area contributed by atoms with Crippen molar-refractivity contribution in [3.63, 3.8) is 0 Å². The second kappa shape index (κ2) is 4.23. The molecule has 2 heteroatoms. The van der Waals surface area contributed by atoms with Crippen LogP contribution in [0, 0.1) is 10.8 Å². The summed E-state index contributed by atoms with van der Waals surface area (Å²) in [6.45, 7) is 14.3. The van der Waals surface area contributed by atoms with Crippen LogP contribution in [0.15, 0.2) is 11.6 Å². The largest absolute Gasteiger partial charge is 0.338 e. The third-order valence-electron chi connectivity index (χ3n) is 3.10. The summed E-state index contributed by atoms with van der Waals surface area (Å²) in [5.41, 5.74) is 1.47. The van der Waals surface area contributed by atoms with Crippen molar-refractivity contribution in [3.05, 3.63) is 11.6 Å². The van der Waals surface area contributed by atoms with E-state index in [1.165, 1.54) is 5.57 Å². The normalized spacial score (nSPS) is 18.4. The molecule has 0 aromatic rings. The van der Waals surface area contributed by atoms with Gasteiger partial charge in [0.05, 0.1) is 0 Å². The van der Waals surface area contributed by atoms with Gasteiger partial charge in [0.2, 0.25) is 5.91 Å². The summed E-state index contributed by atoms with van der Waals surface area (Å²) < 4.78 is 0. The minimum Gasteiger partial charge on any atom is -0.338 e. The lowest BCUT2D eigenvalue weighted by Gasteiger charge is -2.35. The zero-order valence-corrected chi connectivity index (χ0v) is 11.6. The highest BCUT2D eigenvalue weighted by Crippen LogP contribution is 2.31. The van der Waals surface area contributed by atoms with Crippen LogP contribution in [0.3, 0.4) is 0 Å². The monoisotopic (exact) mass is 223 g/mol. The van der Waals surface area contributed by atoms with Gasteiger partial charge in [0, 0.05) is 18.5 Å². The van der Waals surface area contributed by atoms with E-state index >= 15 is 0 Å². The van der Waals surface area contributed by atoms with Crippen LogP contribution in [-0.2, 0) is 4.79 Å². The second-order valence-electron chi connectivity index (χ2n) is 6.73. The Morgan fingerprint density at radius 1 is 1.19 bits per heavy atom. The van der Waals surface area contributed by atoms with Crippen molar-refractivity contribution in [1.29, 1.82) is 0 Å². The molecule has 0 aliphatic carbocycles. The standard InChI is InChI=1S/C14H25NO/c1-13(2,3)11-7-9-15(10-8-11)12(16)14(4,5)6/h7H,8-10H2,1-6H3. The molecule has 0 saturated carbocycles. The van der Waals surface area contributed by atoms with Gasteiger partial charge in [0.25, 0.3) is 0 Å². The zero-order chi connectivity index (χ0) is 12.6. The zero-order valence-electron chi connectivity index (χ0n) is 11.6. The van der Waals surface area contributed by atoms with E-state index in [0.29, 0.717) is 0 Å². The number of carbonyl (C=O) groups is 1. The Hall–Kier alpha value is -0.790. The minimum atomic E-state index is -0.257. The van der Waals surface area contributed by atoms with E-state index in [9.17, 15) is 4.79 Å². The Balaban J connectivity index is 2.69. The number of hydrogen-bond donors (Lipinski definition) is 0. The number of rotatable bonds is 0. The first-order valence-electron chi connectivity index (χ1n) is 6.11. The maximum Gasteiger partial charge on any atom is 0.228 e. The lowest BCUT2D eigenvalue weighted by molar-refractivity contribution is -0.139. The van der Waals surface area contributed by atoms with Crippen molar-refractivity contribution in [2.75, 3.05) is 13.1 Å². The molecule has 0 fully saturated rings. The first-order chi connectivity index (χ1) is 7.12. The summed E-state index contributed by atoms with van der Waals surface area (Å²) in [7, 11) is 0. The Bertz CT molecular complexity index is 302. The van der Waals surface area contributed by atoms with Crippen LogP contribution < -0.4 is 0 Å². The van der Waals surface area contributed by atoms with E-state index < -0.39 is 0 Å². The Morgan fingerprint density at radius 2 is 1.75 bits per heavy atom. The van der Waals surface area contributed by atoms with Gasteiger partial charge in [0.15, 0.2) is 0 Å². The second-order valence-corrected chi connectivity index (χ2v) is 6.73. The van der Waals surface area contributed by atoms with Crippen LogP contribution in [0.5, 0.6) is 0 Å². The van der Waals surface area contributed by atoms with Crippen molar-refractivity contribution in [3.8, 4) is 0 Å². The molecule has 92 valence electrons. The van der Waals surface area contributed by atoms with Gasteiger partial charge in [-0.25, -0.2) is 0 Å². The maximum atomic E-state index is 12.1. The number of carbonyl (C=O) groups excluding carboxylic acids is 1. The van der Waals surface area contributed by atoms with Crippen molar-refractivity contribution in [2.24, 2.45) is 10.8 Å². The first kappa shape index (κ1) is 13.3. The first-order valence-corrected chi connectivity index (χ1v) is 6.11. The molecule has 0 bridgehead atoms. The molecule has 0 unspecified atom stereocenters. The van der Waals surface area contributed by atoms with Gasteiger partial charge in [-0.3, -0.25) is 4.79 Å². The molecule has 0 saturated heterocycles. The molecule has 0 spiro atoms. The number of hydrogen-bond acceptors (Lipinski definition) is 1. The number of amides is 1. The van der Waals surface area contributed by atoms with E-state index in [-0.39, 0.29) is 16.7 Å². The molecule has 1 aliphatic heterocycles. The highest BCUT2D eigenvalue weighted by Gasteiger charge is 2.29. The van der Waals surface area contributed by atoms with Gasteiger partial charge in [-0.05, 0) is 11.8 Å². The Kier molecular flexibility index (Phi) is 3.51. The molecule has 0 N–H and O–H groups in total. The Labute approximate surface area is 99.7 Å². The summed E-state index contributed by atoms with van der Waals surface area (Å²) in [4.78, 5) is 14.0. The SMILES string of the molecule is CC(C)(C)C(=O)N1CC=C(C(C)(C)C)CC1. The molecule has 1 rings (SSSR count). The van der Waals surface area contributed by atoms with E-state index in [0.717, 1.165) is 19.5 Å². The molecule has 16 heavy (non-hydrogen) atoms. The van der Waals surface area contributed by atoms with Crippen LogP contribution in [0.4, 0.5) is 0 Å². The van der Waals surface area contributed by atoms with Crippen LogP contribution >= 0.6 is 0 Å². The van der Waals surface area contributed by atoms with Crippen LogP contribution in [-0.4, -0.2) is 23.9 Å². The molecule has 0 atom stereocenters. The molecular weight excluding hydrogens is 198 g/mol. The van der Waals surface area contributed by atoms with Crippen LogP contribution in [0.25, 0.3) is 0 Å². The van der Waals surface area contributed by atoms with Gasteiger partial charge in [-0.15, -0.1) is 0 Å². The van der Waals surface area contributed by atoms with Gasteiger partial charge in [0.1, 0.15) is 0 Å². The van der Waals surface area contributed by atoms with Crippen LogP contribution in [0.2, 0.25) is 0 Å². The van der Waals surface area contributed by atoms with Gasteiger partial charge >= 0.3 is 0 Å². The topological polar surface area (TPSA) is 20.3 Å².